The van der Waals surface area contributed by atoms with Gasteiger partial charge in [-0.2, -0.15) is 0 Å². The first kappa shape index (κ1) is 12.5. The zero-order valence-electron chi connectivity index (χ0n) is 10.4. The lowest BCUT2D eigenvalue weighted by atomic mass is 9.94. The van der Waals surface area contributed by atoms with E-state index in [1.54, 1.807) is 6.07 Å². The van der Waals surface area contributed by atoms with Crippen molar-refractivity contribution < 1.29 is 24.0 Å². The van der Waals surface area contributed by atoms with Crippen LogP contribution < -0.4 is 5.32 Å². The Labute approximate surface area is 112 Å². The fourth-order valence-electron chi connectivity index (χ4n) is 2.70. The maximum absolute atomic E-state index is 11.9. The lowest BCUT2D eigenvalue weighted by Gasteiger charge is -2.12. The lowest BCUT2D eigenvalue weighted by molar-refractivity contribution is -0.386. The van der Waals surface area contributed by atoms with Crippen LogP contribution in [0, 0.1) is 10.1 Å². The quantitative estimate of drug-likeness (QED) is 0.363. The second-order valence-corrected chi connectivity index (χ2v) is 4.63. The summed E-state index contributed by atoms with van der Waals surface area (Å²) in [5.74, 6) is -1.28. The Hall–Kier alpha value is -2.48. The normalized spacial score (nSPS) is 30.4. The number of hydrogen-bond donors (Lipinski definition) is 1. The van der Waals surface area contributed by atoms with Gasteiger partial charge < -0.3 is 9.47 Å². The highest BCUT2D eigenvalue weighted by Crippen LogP contribution is 2.57. The summed E-state index contributed by atoms with van der Waals surface area (Å²) in [6.07, 6.45) is -0.217. The van der Waals surface area contributed by atoms with Gasteiger partial charge in [-0.15, -0.1) is 0 Å². The third kappa shape index (κ3) is 1.33. The third-order valence-corrected chi connectivity index (χ3v) is 3.62. The molecule has 20 heavy (non-hydrogen) atoms. The second-order valence-electron chi connectivity index (χ2n) is 4.63. The summed E-state index contributed by atoms with van der Waals surface area (Å²) in [6.45, 7) is 0. The maximum Gasteiger partial charge on any atom is 0.332 e. The smallest absolute Gasteiger partial charge is 0.332 e. The molecule has 0 bridgehead atoms. The van der Waals surface area contributed by atoms with Crippen LogP contribution in [0.5, 0.6) is 0 Å². The molecule has 1 N–H and O–H groups in total. The van der Waals surface area contributed by atoms with E-state index in [1.165, 1.54) is 25.3 Å². The molecule has 2 aliphatic rings. The van der Waals surface area contributed by atoms with Gasteiger partial charge in [0.25, 0.3) is 5.69 Å². The summed E-state index contributed by atoms with van der Waals surface area (Å²) in [4.78, 5) is 33.9. The predicted octanol–water partition coefficient (Wildman–Crippen LogP) is 0.209. The number of hydrogen-bond acceptors (Lipinski definition) is 7. The van der Waals surface area contributed by atoms with E-state index < -0.39 is 28.1 Å². The standard InChI is InChI=1S/C12H10N2O6/c1-19-10(16)11-6-9(15)20-12(11,13-11)7-4-2-3-5-8(7)14(17)18/h2-5,13H,6H2,1H3/t11-,12-/m0/s1. The number of nitrogens with one attached hydrogen (secondary N) is 1. The van der Waals surface area contributed by atoms with E-state index in [1.807, 2.05) is 0 Å². The molecular formula is C12H10N2O6. The summed E-state index contributed by atoms with van der Waals surface area (Å²) >= 11 is 0. The number of ether oxygens (including phenoxy) is 2. The minimum atomic E-state index is -1.50. The first-order valence-corrected chi connectivity index (χ1v) is 5.80. The average Bonchev–Trinajstić information content (AvgIpc) is 2.97. The molecule has 2 fully saturated rings. The van der Waals surface area contributed by atoms with E-state index >= 15 is 0 Å². The van der Waals surface area contributed by atoms with Gasteiger partial charge in [0.1, 0.15) is 0 Å². The Balaban J connectivity index is 2.13. The Bertz CT molecular complexity index is 645. The summed E-state index contributed by atoms with van der Waals surface area (Å²) < 4.78 is 9.84. The van der Waals surface area contributed by atoms with Gasteiger partial charge >= 0.3 is 11.9 Å². The molecule has 1 aromatic carbocycles. The zero-order chi connectivity index (χ0) is 14.5. The third-order valence-electron chi connectivity index (χ3n) is 3.62. The summed E-state index contributed by atoms with van der Waals surface area (Å²) in [6, 6.07) is 5.81. The van der Waals surface area contributed by atoms with Crippen molar-refractivity contribution in [3.05, 3.63) is 39.9 Å². The topological polar surface area (TPSA) is 118 Å². The summed E-state index contributed by atoms with van der Waals surface area (Å²) in [5, 5.41) is 13.9. The van der Waals surface area contributed by atoms with Crippen LogP contribution in [0.4, 0.5) is 5.69 Å². The maximum atomic E-state index is 11.9. The second kappa shape index (κ2) is 3.76. The fourth-order valence-corrected chi connectivity index (χ4v) is 2.70. The van der Waals surface area contributed by atoms with E-state index in [0.717, 1.165) is 0 Å². The Morgan fingerprint density at radius 2 is 2.20 bits per heavy atom. The summed E-state index contributed by atoms with van der Waals surface area (Å²) in [5.41, 5.74) is -2.95. The molecule has 0 unspecified atom stereocenters. The van der Waals surface area contributed by atoms with E-state index in [2.05, 4.69) is 10.1 Å². The van der Waals surface area contributed by atoms with E-state index in [-0.39, 0.29) is 17.7 Å². The SMILES string of the molecule is COC(=O)[C@@]12CC(=O)O[C@]1(c1ccccc1[N+](=O)[O-])N2. The van der Waals surface area contributed by atoms with Crippen LogP contribution in [0.15, 0.2) is 24.3 Å². The minimum Gasteiger partial charge on any atom is -0.467 e. The number of benzene rings is 1. The number of nitrogens with zero attached hydrogens (tertiary/aromatic N) is 1. The molecule has 0 aromatic heterocycles. The van der Waals surface area contributed by atoms with Crippen molar-refractivity contribution in [3.8, 4) is 0 Å². The highest BCUT2D eigenvalue weighted by atomic mass is 16.6. The van der Waals surface area contributed by atoms with Crippen LogP contribution in [0.3, 0.4) is 0 Å². The van der Waals surface area contributed by atoms with Crippen molar-refractivity contribution in [3.63, 3.8) is 0 Å². The Kier molecular flexibility index (Phi) is 2.36. The molecule has 2 saturated heterocycles. The molecule has 8 heteroatoms. The van der Waals surface area contributed by atoms with Gasteiger partial charge in [-0.25, -0.2) is 4.79 Å². The van der Waals surface area contributed by atoms with Crippen molar-refractivity contribution in [1.82, 2.24) is 5.32 Å². The molecule has 104 valence electrons. The number of para-hydroxylation sites is 1. The van der Waals surface area contributed by atoms with Gasteiger partial charge in [0.2, 0.25) is 5.72 Å². The molecule has 0 saturated carbocycles. The van der Waals surface area contributed by atoms with Gasteiger partial charge in [0.15, 0.2) is 5.54 Å². The Morgan fingerprint density at radius 1 is 1.50 bits per heavy atom. The molecule has 3 rings (SSSR count). The van der Waals surface area contributed by atoms with Crippen LogP contribution in [0.25, 0.3) is 0 Å². The molecule has 2 aliphatic heterocycles. The zero-order valence-corrected chi connectivity index (χ0v) is 10.4. The minimum absolute atomic E-state index is 0.140. The van der Waals surface area contributed by atoms with Gasteiger partial charge in [-0.05, 0) is 6.07 Å². The predicted molar refractivity (Wildman–Crippen MR) is 63.4 cm³/mol. The first-order chi connectivity index (χ1) is 9.47. The first-order valence-electron chi connectivity index (χ1n) is 5.80. The highest BCUT2D eigenvalue weighted by Gasteiger charge is 2.83. The highest BCUT2D eigenvalue weighted by molar-refractivity contribution is 5.97. The Morgan fingerprint density at radius 3 is 2.85 bits per heavy atom. The van der Waals surface area contributed by atoms with E-state index in [0.29, 0.717) is 0 Å². The number of fused-ring (bicyclic) bond motifs is 1. The van der Waals surface area contributed by atoms with E-state index in [4.69, 9.17) is 4.74 Å². The molecule has 2 heterocycles. The molecule has 0 spiro atoms. The van der Waals surface area contributed by atoms with Gasteiger partial charge in [0, 0.05) is 6.07 Å². The monoisotopic (exact) mass is 278 g/mol. The number of carbonyl (C=O) groups excluding carboxylic acids is 2. The van der Waals surface area contributed by atoms with Crippen LogP contribution in [0.1, 0.15) is 12.0 Å². The molecule has 0 amide bonds. The lowest BCUT2D eigenvalue weighted by Crippen LogP contribution is -2.31. The van der Waals surface area contributed by atoms with Crippen LogP contribution in [0.2, 0.25) is 0 Å². The van der Waals surface area contributed by atoms with E-state index in [9.17, 15) is 19.7 Å². The number of nitro benzene ring substituents is 1. The molecule has 8 nitrogen and oxygen atoms in total. The molecular weight excluding hydrogens is 268 g/mol. The number of rotatable bonds is 3. The van der Waals surface area contributed by atoms with Gasteiger partial charge in [-0.1, -0.05) is 12.1 Å². The number of methoxy groups -OCH3 is 1. The molecule has 0 radical (unpaired) electrons. The van der Waals surface area contributed by atoms with Crippen molar-refractivity contribution in [2.24, 2.45) is 0 Å². The van der Waals surface area contributed by atoms with Crippen molar-refractivity contribution in [2.75, 3.05) is 7.11 Å². The van der Waals surface area contributed by atoms with Crippen molar-refractivity contribution in [1.29, 1.82) is 0 Å². The molecule has 0 aliphatic carbocycles. The average molecular weight is 278 g/mol. The number of esters is 2. The largest absolute Gasteiger partial charge is 0.467 e. The van der Waals surface area contributed by atoms with Crippen LogP contribution in [-0.4, -0.2) is 29.5 Å². The van der Waals surface area contributed by atoms with Crippen LogP contribution >= 0.6 is 0 Å². The molecule has 2 atom stereocenters. The van der Waals surface area contributed by atoms with Crippen molar-refractivity contribution in [2.45, 2.75) is 17.7 Å². The van der Waals surface area contributed by atoms with Crippen molar-refractivity contribution >= 4 is 17.6 Å². The number of carbonyl (C=O) groups is 2. The summed E-state index contributed by atoms with van der Waals surface area (Å²) in [7, 11) is 1.18. The molecule has 1 aromatic rings. The van der Waals surface area contributed by atoms with Gasteiger partial charge in [-0.3, -0.25) is 20.2 Å². The number of nitro groups is 1. The van der Waals surface area contributed by atoms with Crippen LogP contribution in [-0.2, 0) is 24.8 Å². The fraction of sp³-hybridized carbons (Fsp3) is 0.333. The van der Waals surface area contributed by atoms with Gasteiger partial charge in [0.05, 0.1) is 24.0 Å².